The SMILES string of the molecule is C=CCN1C(=O)/C(=C/c2ccc(C(=O)O)cc2)SC1=Nc1ccc(C)cc1O. The first kappa shape index (κ1) is 19.4. The Hall–Kier alpha value is -3.32. The second-order valence-electron chi connectivity index (χ2n) is 6.13. The number of hydrogen-bond acceptors (Lipinski definition) is 5. The molecule has 0 unspecified atom stereocenters. The number of carbonyl (C=O) groups is 2. The molecule has 2 N–H and O–H groups in total. The van der Waals surface area contributed by atoms with Crippen LogP contribution in [0.3, 0.4) is 0 Å². The smallest absolute Gasteiger partial charge is 0.335 e. The van der Waals surface area contributed by atoms with E-state index in [1.807, 2.05) is 13.0 Å². The number of aliphatic imine (C=N–C) groups is 1. The van der Waals surface area contributed by atoms with Crippen LogP contribution in [0.5, 0.6) is 5.75 Å². The van der Waals surface area contributed by atoms with Crippen molar-refractivity contribution in [1.29, 1.82) is 0 Å². The van der Waals surface area contributed by atoms with E-state index in [1.54, 1.807) is 36.4 Å². The average Bonchev–Trinajstić information content (AvgIpc) is 2.94. The van der Waals surface area contributed by atoms with E-state index >= 15 is 0 Å². The zero-order chi connectivity index (χ0) is 20.3. The molecule has 1 saturated heterocycles. The van der Waals surface area contributed by atoms with E-state index in [2.05, 4.69) is 11.6 Å². The Morgan fingerprint density at radius 1 is 1.25 bits per heavy atom. The van der Waals surface area contributed by atoms with Crippen LogP contribution in [-0.4, -0.2) is 38.7 Å². The third-order valence-electron chi connectivity index (χ3n) is 4.00. The van der Waals surface area contributed by atoms with Gasteiger partial charge in [-0.2, -0.15) is 0 Å². The summed E-state index contributed by atoms with van der Waals surface area (Å²) in [6.07, 6.45) is 3.29. The standard InChI is InChI=1S/C21H18N2O4S/c1-3-10-23-19(25)18(12-14-5-7-15(8-6-14)20(26)27)28-21(23)22-16-9-4-13(2)11-17(16)24/h3-9,11-12,24H,1,10H2,2H3,(H,26,27)/b18-12-,22-21?. The Bertz CT molecular complexity index is 1010. The molecule has 28 heavy (non-hydrogen) atoms. The minimum atomic E-state index is -1.00. The van der Waals surface area contributed by atoms with Crippen molar-refractivity contribution >= 4 is 40.6 Å². The number of phenolic OH excluding ortho intramolecular Hbond substituents is 1. The molecule has 1 amide bonds. The van der Waals surface area contributed by atoms with Gasteiger partial charge >= 0.3 is 5.97 Å². The number of phenols is 1. The number of hydrogen-bond donors (Lipinski definition) is 2. The van der Waals surface area contributed by atoms with E-state index in [-0.39, 0.29) is 23.8 Å². The van der Waals surface area contributed by atoms with Gasteiger partial charge in [-0.15, -0.1) is 6.58 Å². The predicted molar refractivity (Wildman–Crippen MR) is 111 cm³/mol. The number of thioether (sulfide) groups is 1. The summed E-state index contributed by atoms with van der Waals surface area (Å²) < 4.78 is 0. The average molecular weight is 394 g/mol. The molecule has 1 aliphatic heterocycles. The summed E-state index contributed by atoms with van der Waals surface area (Å²) in [5.74, 6) is -1.19. The zero-order valence-corrected chi connectivity index (χ0v) is 15.9. The first-order valence-corrected chi connectivity index (χ1v) is 9.24. The maximum atomic E-state index is 12.8. The van der Waals surface area contributed by atoms with Gasteiger partial charge < -0.3 is 10.2 Å². The summed E-state index contributed by atoms with van der Waals surface area (Å²) in [5, 5.41) is 19.5. The molecule has 0 aromatic heterocycles. The van der Waals surface area contributed by atoms with Crippen LogP contribution in [0.25, 0.3) is 6.08 Å². The lowest BCUT2D eigenvalue weighted by molar-refractivity contribution is -0.121. The molecule has 2 aromatic carbocycles. The van der Waals surface area contributed by atoms with E-state index < -0.39 is 5.97 Å². The minimum Gasteiger partial charge on any atom is -0.506 e. The van der Waals surface area contributed by atoms with Gasteiger partial charge in [-0.3, -0.25) is 9.69 Å². The monoisotopic (exact) mass is 394 g/mol. The highest BCUT2D eigenvalue weighted by molar-refractivity contribution is 8.18. The second-order valence-corrected chi connectivity index (χ2v) is 7.14. The summed E-state index contributed by atoms with van der Waals surface area (Å²) >= 11 is 1.19. The van der Waals surface area contributed by atoms with Crippen LogP contribution in [0.15, 0.2) is 65.0 Å². The number of aromatic hydroxyl groups is 1. The quantitative estimate of drug-likeness (QED) is 0.586. The predicted octanol–water partition coefficient (Wildman–Crippen LogP) is 4.19. The molecule has 6 nitrogen and oxygen atoms in total. The van der Waals surface area contributed by atoms with E-state index in [9.17, 15) is 14.7 Å². The first-order valence-electron chi connectivity index (χ1n) is 8.43. The highest BCUT2D eigenvalue weighted by Crippen LogP contribution is 2.36. The van der Waals surface area contributed by atoms with E-state index in [0.717, 1.165) is 5.56 Å². The van der Waals surface area contributed by atoms with E-state index in [0.29, 0.717) is 21.3 Å². The number of nitrogens with zero attached hydrogens (tertiary/aromatic N) is 2. The Labute approximate surface area is 166 Å². The van der Waals surface area contributed by atoms with Crippen molar-refractivity contribution in [3.05, 3.63) is 76.7 Å². The summed E-state index contributed by atoms with van der Waals surface area (Å²) in [4.78, 5) is 30.1. The molecule has 1 fully saturated rings. The van der Waals surface area contributed by atoms with Gasteiger partial charge in [-0.25, -0.2) is 9.79 Å². The summed E-state index contributed by atoms with van der Waals surface area (Å²) in [6.45, 7) is 5.83. The van der Waals surface area contributed by atoms with Crippen molar-refractivity contribution in [2.45, 2.75) is 6.92 Å². The van der Waals surface area contributed by atoms with Crippen molar-refractivity contribution in [1.82, 2.24) is 4.90 Å². The minimum absolute atomic E-state index is 0.0424. The molecule has 0 aliphatic carbocycles. The number of amides is 1. The third kappa shape index (κ3) is 4.15. The second kappa shape index (κ2) is 8.14. The number of aromatic carboxylic acids is 1. The number of benzene rings is 2. The fourth-order valence-electron chi connectivity index (χ4n) is 2.59. The highest BCUT2D eigenvalue weighted by Gasteiger charge is 2.32. The molecular weight excluding hydrogens is 376 g/mol. The van der Waals surface area contributed by atoms with E-state index in [4.69, 9.17) is 5.11 Å². The largest absolute Gasteiger partial charge is 0.506 e. The molecule has 1 aliphatic rings. The van der Waals surface area contributed by atoms with Crippen LogP contribution >= 0.6 is 11.8 Å². The molecule has 1 heterocycles. The fraction of sp³-hybridized carbons (Fsp3) is 0.0952. The van der Waals surface area contributed by atoms with Crippen LogP contribution in [-0.2, 0) is 4.79 Å². The van der Waals surface area contributed by atoms with Gasteiger partial charge in [0.2, 0.25) is 0 Å². The Kier molecular flexibility index (Phi) is 5.65. The number of carbonyl (C=O) groups excluding carboxylic acids is 1. The Morgan fingerprint density at radius 3 is 2.57 bits per heavy atom. The van der Waals surface area contributed by atoms with Crippen LogP contribution < -0.4 is 0 Å². The zero-order valence-electron chi connectivity index (χ0n) is 15.1. The van der Waals surface area contributed by atoms with Crippen LogP contribution in [0.1, 0.15) is 21.5 Å². The third-order valence-corrected chi connectivity index (χ3v) is 5.01. The molecule has 2 aromatic rings. The van der Waals surface area contributed by atoms with Crippen molar-refractivity contribution in [2.24, 2.45) is 4.99 Å². The molecular formula is C21H18N2O4S. The van der Waals surface area contributed by atoms with Gasteiger partial charge in [0, 0.05) is 6.54 Å². The molecule has 0 spiro atoms. The van der Waals surface area contributed by atoms with Crippen molar-refractivity contribution < 1.29 is 19.8 Å². The Morgan fingerprint density at radius 2 is 1.96 bits per heavy atom. The summed E-state index contributed by atoms with van der Waals surface area (Å²) in [6, 6.07) is 11.4. The molecule has 7 heteroatoms. The number of carboxylic acids is 1. The topological polar surface area (TPSA) is 90.2 Å². The maximum Gasteiger partial charge on any atom is 0.335 e. The van der Waals surface area contributed by atoms with Crippen LogP contribution in [0, 0.1) is 6.92 Å². The van der Waals surface area contributed by atoms with E-state index in [1.165, 1.54) is 28.8 Å². The lowest BCUT2D eigenvalue weighted by Gasteiger charge is -2.12. The normalized spacial score (nSPS) is 16.8. The molecule has 0 radical (unpaired) electrons. The molecule has 3 rings (SSSR count). The number of rotatable bonds is 5. The van der Waals surface area contributed by atoms with Crippen molar-refractivity contribution in [2.75, 3.05) is 6.54 Å². The van der Waals surface area contributed by atoms with Gasteiger partial charge in [0.1, 0.15) is 11.4 Å². The van der Waals surface area contributed by atoms with Gasteiger partial charge in [0.05, 0.1) is 10.5 Å². The number of aryl methyl sites for hydroxylation is 1. The number of amidine groups is 1. The molecule has 142 valence electrons. The number of carboxylic acid groups (broad SMARTS) is 1. The Balaban J connectivity index is 1.94. The lowest BCUT2D eigenvalue weighted by atomic mass is 10.1. The highest BCUT2D eigenvalue weighted by atomic mass is 32.2. The van der Waals surface area contributed by atoms with Gasteiger partial charge in [-0.05, 0) is 60.2 Å². The van der Waals surface area contributed by atoms with Gasteiger partial charge in [0.15, 0.2) is 5.17 Å². The first-order chi connectivity index (χ1) is 13.4. The van der Waals surface area contributed by atoms with Gasteiger partial charge in [0.25, 0.3) is 5.91 Å². The molecule has 0 atom stereocenters. The lowest BCUT2D eigenvalue weighted by Crippen LogP contribution is -2.29. The fourth-order valence-corrected chi connectivity index (χ4v) is 3.59. The molecule has 0 saturated carbocycles. The maximum absolute atomic E-state index is 12.8. The van der Waals surface area contributed by atoms with Crippen molar-refractivity contribution in [3.63, 3.8) is 0 Å². The summed E-state index contributed by atoms with van der Waals surface area (Å²) in [5.41, 5.74) is 2.17. The van der Waals surface area contributed by atoms with Crippen LogP contribution in [0.2, 0.25) is 0 Å². The van der Waals surface area contributed by atoms with Gasteiger partial charge in [-0.1, -0.05) is 24.3 Å². The van der Waals surface area contributed by atoms with Crippen molar-refractivity contribution in [3.8, 4) is 5.75 Å². The van der Waals surface area contributed by atoms with Crippen LogP contribution in [0.4, 0.5) is 5.69 Å². The molecule has 0 bridgehead atoms. The summed E-state index contributed by atoms with van der Waals surface area (Å²) in [7, 11) is 0.